The van der Waals surface area contributed by atoms with E-state index in [1.54, 1.807) is 32.4 Å². The van der Waals surface area contributed by atoms with Gasteiger partial charge in [0.15, 0.2) is 16.6 Å². The number of carbonyl (C=O) groups is 1. The van der Waals surface area contributed by atoms with E-state index in [0.717, 1.165) is 28.8 Å². The summed E-state index contributed by atoms with van der Waals surface area (Å²) in [4.78, 5) is 12.2. The molecule has 142 valence electrons. The standard InChI is InChI=1S/C21H24N2O3S/c1-5-16-8-6-7-14(2)20(16)23-21(27)22-19(24)12-10-15-9-11-17(25-3)18(13-15)26-4/h6-13H,5H2,1-4H3,(H2,22,23,24,27). The van der Waals surface area contributed by atoms with Crippen molar-refractivity contribution in [2.75, 3.05) is 19.5 Å². The maximum Gasteiger partial charge on any atom is 0.250 e. The van der Waals surface area contributed by atoms with E-state index < -0.39 is 0 Å². The summed E-state index contributed by atoms with van der Waals surface area (Å²) in [6.07, 6.45) is 3.98. The van der Waals surface area contributed by atoms with E-state index in [1.165, 1.54) is 6.08 Å². The first-order valence-corrected chi connectivity index (χ1v) is 8.99. The highest BCUT2D eigenvalue weighted by Crippen LogP contribution is 2.28. The molecule has 6 heteroatoms. The van der Waals surface area contributed by atoms with E-state index in [4.69, 9.17) is 21.7 Å². The summed E-state index contributed by atoms with van der Waals surface area (Å²) in [5.41, 5.74) is 3.97. The lowest BCUT2D eigenvalue weighted by Crippen LogP contribution is -2.33. The van der Waals surface area contributed by atoms with Gasteiger partial charge in [0.2, 0.25) is 5.91 Å². The smallest absolute Gasteiger partial charge is 0.250 e. The lowest BCUT2D eigenvalue weighted by molar-refractivity contribution is -0.115. The first-order valence-electron chi connectivity index (χ1n) is 8.59. The van der Waals surface area contributed by atoms with Gasteiger partial charge >= 0.3 is 0 Å². The molecular weight excluding hydrogens is 360 g/mol. The van der Waals surface area contributed by atoms with Crippen LogP contribution in [0.15, 0.2) is 42.5 Å². The van der Waals surface area contributed by atoms with Gasteiger partial charge < -0.3 is 14.8 Å². The van der Waals surface area contributed by atoms with Crippen LogP contribution in [-0.2, 0) is 11.2 Å². The van der Waals surface area contributed by atoms with E-state index in [1.807, 2.05) is 31.2 Å². The van der Waals surface area contributed by atoms with E-state index in [0.29, 0.717) is 11.5 Å². The lowest BCUT2D eigenvalue weighted by Gasteiger charge is -2.14. The topological polar surface area (TPSA) is 59.6 Å². The van der Waals surface area contributed by atoms with Crippen molar-refractivity contribution in [1.29, 1.82) is 0 Å². The monoisotopic (exact) mass is 384 g/mol. The van der Waals surface area contributed by atoms with Crippen molar-refractivity contribution in [3.8, 4) is 11.5 Å². The highest BCUT2D eigenvalue weighted by atomic mass is 32.1. The molecule has 0 heterocycles. The molecule has 0 atom stereocenters. The Balaban J connectivity index is 2.01. The number of thiocarbonyl (C=S) groups is 1. The van der Waals surface area contributed by atoms with Crippen LogP contribution in [0.2, 0.25) is 0 Å². The number of hydrogen-bond donors (Lipinski definition) is 2. The van der Waals surface area contributed by atoms with Gasteiger partial charge in [0.05, 0.1) is 14.2 Å². The Hall–Kier alpha value is -2.86. The number of nitrogens with one attached hydrogen (secondary N) is 2. The molecule has 0 aromatic heterocycles. The molecule has 0 bridgehead atoms. The van der Waals surface area contributed by atoms with Crippen molar-refractivity contribution in [3.63, 3.8) is 0 Å². The lowest BCUT2D eigenvalue weighted by atomic mass is 10.1. The van der Waals surface area contributed by atoms with Gasteiger partial charge in [-0.3, -0.25) is 10.1 Å². The quantitative estimate of drug-likeness (QED) is 0.580. The van der Waals surface area contributed by atoms with Crippen molar-refractivity contribution in [1.82, 2.24) is 5.32 Å². The number of aryl methyl sites for hydroxylation is 2. The van der Waals surface area contributed by atoms with Gasteiger partial charge in [-0.05, 0) is 60.5 Å². The summed E-state index contributed by atoms with van der Waals surface area (Å²) in [5, 5.41) is 6.05. The molecule has 27 heavy (non-hydrogen) atoms. The zero-order chi connectivity index (χ0) is 19.8. The van der Waals surface area contributed by atoms with Crippen LogP contribution < -0.4 is 20.1 Å². The molecule has 0 spiro atoms. The molecule has 2 N–H and O–H groups in total. The fourth-order valence-electron chi connectivity index (χ4n) is 2.63. The SMILES string of the molecule is CCc1cccc(C)c1NC(=S)NC(=O)C=Cc1ccc(OC)c(OC)c1. The second kappa shape index (κ2) is 9.73. The molecule has 0 aliphatic carbocycles. The minimum Gasteiger partial charge on any atom is -0.493 e. The van der Waals surface area contributed by atoms with Gasteiger partial charge in [0, 0.05) is 11.8 Å². The molecule has 0 aliphatic heterocycles. The zero-order valence-corrected chi connectivity index (χ0v) is 16.8. The van der Waals surface area contributed by atoms with Crippen LogP contribution in [0.5, 0.6) is 11.5 Å². The number of carbonyl (C=O) groups excluding carboxylic acids is 1. The van der Waals surface area contributed by atoms with Gasteiger partial charge in [-0.1, -0.05) is 31.2 Å². The van der Waals surface area contributed by atoms with Gasteiger partial charge in [-0.15, -0.1) is 0 Å². The number of para-hydroxylation sites is 1. The molecule has 2 aromatic carbocycles. The maximum atomic E-state index is 12.2. The number of benzene rings is 2. The third kappa shape index (κ3) is 5.56. The fourth-order valence-corrected chi connectivity index (χ4v) is 2.83. The van der Waals surface area contributed by atoms with Crippen molar-refractivity contribution < 1.29 is 14.3 Å². The number of hydrogen-bond acceptors (Lipinski definition) is 4. The number of ether oxygens (including phenoxy) is 2. The van der Waals surface area contributed by atoms with Crippen molar-refractivity contribution in [2.24, 2.45) is 0 Å². The van der Waals surface area contributed by atoms with Crippen LogP contribution >= 0.6 is 12.2 Å². The second-order valence-electron chi connectivity index (χ2n) is 5.85. The van der Waals surface area contributed by atoms with Crippen molar-refractivity contribution >= 4 is 35.0 Å². The Bertz CT molecular complexity index is 863. The number of methoxy groups -OCH3 is 2. The number of amides is 1. The van der Waals surface area contributed by atoms with Gasteiger partial charge in [-0.25, -0.2) is 0 Å². The Morgan fingerprint density at radius 2 is 1.89 bits per heavy atom. The molecule has 2 aromatic rings. The number of rotatable bonds is 6. The van der Waals surface area contributed by atoms with E-state index >= 15 is 0 Å². The maximum absolute atomic E-state index is 12.2. The summed E-state index contributed by atoms with van der Waals surface area (Å²) in [6, 6.07) is 11.5. The summed E-state index contributed by atoms with van der Waals surface area (Å²) >= 11 is 5.27. The molecular formula is C21H24N2O3S. The molecule has 0 aliphatic rings. The van der Waals surface area contributed by atoms with Crippen LogP contribution in [0.25, 0.3) is 6.08 Å². The predicted molar refractivity (Wildman–Crippen MR) is 114 cm³/mol. The molecule has 0 saturated carbocycles. The minimum absolute atomic E-state index is 0.265. The largest absolute Gasteiger partial charge is 0.493 e. The summed E-state index contributed by atoms with van der Waals surface area (Å²) in [6.45, 7) is 4.08. The third-order valence-corrected chi connectivity index (χ3v) is 4.25. The molecule has 0 fully saturated rings. The van der Waals surface area contributed by atoms with Crippen LogP contribution in [0.4, 0.5) is 5.69 Å². The van der Waals surface area contributed by atoms with Gasteiger partial charge in [0.25, 0.3) is 0 Å². The molecule has 0 saturated heterocycles. The number of anilines is 1. The third-order valence-electron chi connectivity index (χ3n) is 4.05. The fraction of sp³-hybridized carbons (Fsp3) is 0.238. The Morgan fingerprint density at radius 1 is 1.15 bits per heavy atom. The molecule has 2 rings (SSSR count). The average molecular weight is 385 g/mol. The van der Waals surface area contributed by atoms with E-state index in [2.05, 4.69) is 17.6 Å². The Kier molecular flexibility index (Phi) is 7.37. The molecule has 5 nitrogen and oxygen atoms in total. The molecule has 0 radical (unpaired) electrons. The first kappa shape index (κ1) is 20.5. The van der Waals surface area contributed by atoms with Crippen LogP contribution in [0.1, 0.15) is 23.6 Å². The van der Waals surface area contributed by atoms with E-state index in [9.17, 15) is 4.79 Å². The summed E-state index contributed by atoms with van der Waals surface area (Å²) < 4.78 is 10.5. The van der Waals surface area contributed by atoms with Crippen molar-refractivity contribution in [3.05, 3.63) is 59.2 Å². The normalized spacial score (nSPS) is 10.5. The Labute approximate surface area is 165 Å². The van der Waals surface area contributed by atoms with Gasteiger partial charge in [0.1, 0.15) is 0 Å². The van der Waals surface area contributed by atoms with Crippen LogP contribution in [-0.4, -0.2) is 25.2 Å². The average Bonchev–Trinajstić information content (AvgIpc) is 2.67. The van der Waals surface area contributed by atoms with Crippen LogP contribution in [0.3, 0.4) is 0 Å². The first-order chi connectivity index (χ1) is 13.0. The Morgan fingerprint density at radius 3 is 2.56 bits per heavy atom. The summed E-state index contributed by atoms with van der Waals surface area (Å²) in [7, 11) is 3.14. The minimum atomic E-state index is -0.311. The zero-order valence-electron chi connectivity index (χ0n) is 16.0. The highest BCUT2D eigenvalue weighted by molar-refractivity contribution is 7.80. The van der Waals surface area contributed by atoms with Crippen molar-refractivity contribution in [2.45, 2.75) is 20.3 Å². The molecule has 0 unspecified atom stereocenters. The summed E-state index contributed by atoms with van der Waals surface area (Å²) in [5.74, 6) is 0.923. The second-order valence-corrected chi connectivity index (χ2v) is 6.26. The van der Waals surface area contributed by atoms with Crippen LogP contribution in [0, 0.1) is 6.92 Å². The van der Waals surface area contributed by atoms with Gasteiger partial charge in [-0.2, -0.15) is 0 Å². The predicted octanol–water partition coefficient (Wildman–Crippen LogP) is 4.10. The highest BCUT2D eigenvalue weighted by Gasteiger charge is 2.08. The van der Waals surface area contributed by atoms with E-state index in [-0.39, 0.29) is 11.0 Å². The molecule has 1 amide bonds.